The highest BCUT2D eigenvalue weighted by Crippen LogP contribution is 2.10. The molecule has 1 heterocycles. The van der Waals surface area contributed by atoms with Gasteiger partial charge in [0.1, 0.15) is 10.8 Å². The van der Waals surface area contributed by atoms with Crippen molar-refractivity contribution in [3.8, 4) is 0 Å². The minimum atomic E-state index is 0.415. The molecule has 0 fully saturated rings. The number of aromatic nitrogens is 1. The summed E-state index contributed by atoms with van der Waals surface area (Å²) in [6, 6.07) is 3.80. The maximum atomic E-state index is 5.60. The van der Waals surface area contributed by atoms with Crippen LogP contribution in [0.5, 0.6) is 0 Å². The van der Waals surface area contributed by atoms with E-state index in [1.807, 2.05) is 30.8 Å². The Morgan fingerprint density at radius 2 is 2.31 bits per heavy atom. The lowest BCUT2D eigenvalue weighted by molar-refractivity contribution is 0.977. The van der Waals surface area contributed by atoms with E-state index in [1.165, 1.54) is 0 Å². The van der Waals surface area contributed by atoms with Crippen molar-refractivity contribution in [3.63, 3.8) is 0 Å². The van der Waals surface area contributed by atoms with Crippen molar-refractivity contribution in [2.24, 2.45) is 5.73 Å². The Kier molecular flexibility index (Phi) is 5.55. The fourth-order valence-electron chi connectivity index (χ4n) is 1.33. The molecule has 0 saturated carbocycles. The number of nitrogens with two attached hydrogens (primary N) is 1. The van der Waals surface area contributed by atoms with Crippen LogP contribution in [0.15, 0.2) is 12.1 Å². The van der Waals surface area contributed by atoms with E-state index >= 15 is 0 Å². The summed E-state index contributed by atoms with van der Waals surface area (Å²) in [5.41, 5.74) is 7.40. The third kappa shape index (κ3) is 4.37. The molecule has 0 unspecified atom stereocenters. The summed E-state index contributed by atoms with van der Waals surface area (Å²) in [5, 5.41) is 3.28. The Morgan fingerprint density at radius 3 is 2.94 bits per heavy atom. The summed E-state index contributed by atoms with van der Waals surface area (Å²) in [5.74, 6) is 2.00. The molecule has 1 rings (SSSR count). The SMILES string of the molecule is CSCCCNc1cc(C(N)=S)cc(C)n1. The molecule has 0 aliphatic rings. The van der Waals surface area contributed by atoms with Crippen molar-refractivity contribution < 1.29 is 0 Å². The normalized spacial score (nSPS) is 10.1. The summed E-state index contributed by atoms with van der Waals surface area (Å²) >= 11 is 6.80. The molecule has 0 aliphatic heterocycles. The zero-order valence-electron chi connectivity index (χ0n) is 9.62. The summed E-state index contributed by atoms with van der Waals surface area (Å²) in [6.07, 6.45) is 3.23. The summed E-state index contributed by atoms with van der Waals surface area (Å²) < 4.78 is 0. The van der Waals surface area contributed by atoms with Crippen LogP contribution in [0.2, 0.25) is 0 Å². The molecule has 0 amide bonds. The first-order valence-corrected chi connectivity index (χ1v) is 6.95. The van der Waals surface area contributed by atoms with Gasteiger partial charge in [0, 0.05) is 17.8 Å². The van der Waals surface area contributed by atoms with Crippen LogP contribution in [0.4, 0.5) is 5.82 Å². The average Bonchev–Trinajstić information content (AvgIpc) is 2.23. The van der Waals surface area contributed by atoms with Crippen LogP contribution >= 0.6 is 24.0 Å². The van der Waals surface area contributed by atoms with Gasteiger partial charge in [-0.3, -0.25) is 0 Å². The fraction of sp³-hybridized carbons (Fsp3) is 0.455. The van der Waals surface area contributed by atoms with Gasteiger partial charge >= 0.3 is 0 Å². The maximum absolute atomic E-state index is 5.60. The second-order valence-corrected chi connectivity index (χ2v) is 4.95. The van der Waals surface area contributed by atoms with Crippen molar-refractivity contribution in [2.75, 3.05) is 23.9 Å². The zero-order chi connectivity index (χ0) is 12.0. The van der Waals surface area contributed by atoms with Gasteiger partial charge in [-0.1, -0.05) is 12.2 Å². The largest absolute Gasteiger partial charge is 0.389 e. The van der Waals surface area contributed by atoms with E-state index in [9.17, 15) is 0 Å². The van der Waals surface area contributed by atoms with E-state index in [0.717, 1.165) is 35.8 Å². The van der Waals surface area contributed by atoms with Crippen LogP contribution in [-0.4, -0.2) is 28.5 Å². The molecule has 16 heavy (non-hydrogen) atoms. The van der Waals surface area contributed by atoms with Crippen molar-refractivity contribution >= 4 is 34.8 Å². The lowest BCUT2D eigenvalue weighted by Crippen LogP contribution is -2.12. The zero-order valence-corrected chi connectivity index (χ0v) is 11.3. The molecule has 0 saturated heterocycles. The molecule has 0 aromatic carbocycles. The van der Waals surface area contributed by atoms with Gasteiger partial charge in [-0.2, -0.15) is 11.8 Å². The Morgan fingerprint density at radius 1 is 1.56 bits per heavy atom. The molecule has 0 spiro atoms. The van der Waals surface area contributed by atoms with Crippen LogP contribution in [0.1, 0.15) is 17.7 Å². The topological polar surface area (TPSA) is 50.9 Å². The number of nitrogens with zero attached hydrogens (tertiary/aromatic N) is 1. The van der Waals surface area contributed by atoms with E-state index in [4.69, 9.17) is 18.0 Å². The molecular formula is C11H17N3S2. The van der Waals surface area contributed by atoms with E-state index in [0.29, 0.717) is 4.99 Å². The molecule has 0 bridgehead atoms. The number of aryl methyl sites for hydroxylation is 1. The Hall–Kier alpha value is -0.810. The first-order valence-electron chi connectivity index (χ1n) is 5.15. The second-order valence-electron chi connectivity index (χ2n) is 3.52. The van der Waals surface area contributed by atoms with Gasteiger partial charge in [0.15, 0.2) is 0 Å². The molecule has 1 aromatic heterocycles. The van der Waals surface area contributed by atoms with Crippen LogP contribution in [0.3, 0.4) is 0 Å². The lowest BCUT2D eigenvalue weighted by atomic mass is 10.2. The Bertz CT molecular complexity index is 366. The first-order chi connectivity index (χ1) is 7.63. The second kappa shape index (κ2) is 6.70. The summed E-state index contributed by atoms with van der Waals surface area (Å²) in [4.78, 5) is 4.80. The monoisotopic (exact) mass is 255 g/mol. The molecule has 1 aromatic rings. The van der Waals surface area contributed by atoms with Crippen molar-refractivity contribution in [3.05, 3.63) is 23.4 Å². The number of pyridine rings is 1. The molecule has 88 valence electrons. The number of rotatable bonds is 6. The minimum Gasteiger partial charge on any atom is -0.389 e. The third-order valence-corrected chi connectivity index (χ3v) is 3.00. The van der Waals surface area contributed by atoms with Crippen LogP contribution in [0.25, 0.3) is 0 Å². The third-order valence-electron chi connectivity index (χ3n) is 2.07. The summed E-state index contributed by atoms with van der Waals surface area (Å²) in [7, 11) is 0. The number of hydrogen-bond acceptors (Lipinski definition) is 4. The molecule has 3 N–H and O–H groups in total. The van der Waals surface area contributed by atoms with Crippen LogP contribution < -0.4 is 11.1 Å². The molecule has 0 aliphatic carbocycles. The number of nitrogens with one attached hydrogen (secondary N) is 1. The van der Waals surface area contributed by atoms with Crippen LogP contribution in [0, 0.1) is 6.92 Å². The molecule has 0 radical (unpaired) electrons. The highest BCUT2D eigenvalue weighted by molar-refractivity contribution is 7.98. The predicted octanol–water partition coefficient (Wildman–Crippen LogP) is 2.19. The van der Waals surface area contributed by atoms with Gasteiger partial charge in [-0.15, -0.1) is 0 Å². The standard InChI is InChI=1S/C11H17N3S2/c1-8-6-9(11(12)15)7-10(14-8)13-4-3-5-16-2/h6-7H,3-5H2,1-2H3,(H2,12,15)(H,13,14). The van der Waals surface area contributed by atoms with Crippen LogP contribution in [-0.2, 0) is 0 Å². The smallest absolute Gasteiger partial charge is 0.126 e. The molecule has 3 nitrogen and oxygen atoms in total. The predicted molar refractivity (Wildman–Crippen MR) is 76.4 cm³/mol. The highest BCUT2D eigenvalue weighted by atomic mass is 32.2. The van der Waals surface area contributed by atoms with Gasteiger partial charge in [-0.05, 0) is 37.5 Å². The quantitative estimate of drug-likeness (QED) is 0.603. The van der Waals surface area contributed by atoms with Crippen molar-refractivity contribution in [1.29, 1.82) is 0 Å². The van der Waals surface area contributed by atoms with Crippen molar-refractivity contribution in [1.82, 2.24) is 4.98 Å². The number of hydrogen-bond donors (Lipinski definition) is 2. The van der Waals surface area contributed by atoms with Gasteiger partial charge in [-0.25, -0.2) is 4.98 Å². The number of thioether (sulfide) groups is 1. The fourth-order valence-corrected chi connectivity index (χ4v) is 1.89. The molecule has 0 atom stereocenters. The van der Waals surface area contributed by atoms with E-state index in [-0.39, 0.29) is 0 Å². The highest BCUT2D eigenvalue weighted by Gasteiger charge is 2.01. The lowest BCUT2D eigenvalue weighted by Gasteiger charge is -2.08. The number of thiocarbonyl (C=S) groups is 1. The van der Waals surface area contributed by atoms with E-state index in [1.54, 1.807) is 0 Å². The van der Waals surface area contributed by atoms with E-state index in [2.05, 4.69) is 16.6 Å². The van der Waals surface area contributed by atoms with Crippen molar-refractivity contribution in [2.45, 2.75) is 13.3 Å². The number of anilines is 1. The molecular weight excluding hydrogens is 238 g/mol. The summed E-state index contributed by atoms with van der Waals surface area (Å²) in [6.45, 7) is 2.86. The first kappa shape index (κ1) is 13.3. The van der Waals surface area contributed by atoms with Gasteiger partial charge in [0.05, 0.1) is 0 Å². The maximum Gasteiger partial charge on any atom is 0.126 e. The van der Waals surface area contributed by atoms with Gasteiger partial charge in [0.2, 0.25) is 0 Å². The Labute approximate surface area is 106 Å². The molecule has 5 heteroatoms. The van der Waals surface area contributed by atoms with Gasteiger partial charge in [0.25, 0.3) is 0 Å². The Balaban J connectivity index is 2.62. The average molecular weight is 255 g/mol. The van der Waals surface area contributed by atoms with E-state index < -0.39 is 0 Å². The minimum absolute atomic E-state index is 0.415. The van der Waals surface area contributed by atoms with Gasteiger partial charge < -0.3 is 11.1 Å².